The monoisotopic (exact) mass is 195 g/mol. The summed E-state index contributed by atoms with van der Waals surface area (Å²) in [6.45, 7) is 3.28. The Morgan fingerprint density at radius 3 is 3.00 bits per heavy atom. The SMILES string of the molecule is CCN(C=CC(=O)O)Cc1ccco1. The molecule has 76 valence electrons. The molecule has 1 rings (SSSR count). The number of furan rings is 1. The molecule has 14 heavy (non-hydrogen) atoms. The first kappa shape index (κ1) is 10.4. The molecule has 0 radical (unpaired) electrons. The molecule has 0 aliphatic carbocycles. The maximum atomic E-state index is 10.3. The summed E-state index contributed by atoms with van der Waals surface area (Å²) in [6.07, 6.45) is 4.27. The Hall–Kier alpha value is -1.71. The molecular formula is C10H13NO3. The number of carboxylic acids is 1. The minimum Gasteiger partial charge on any atom is -0.478 e. The minimum absolute atomic E-state index is 0.591. The fourth-order valence-electron chi connectivity index (χ4n) is 1.04. The Labute approximate surface area is 82.4 Å². The van der Waals surface area contributed by atoms with Gasteiger partial charge in [-0.1, -0.05) is 0 Å². The number of carbonyl (C=O) groups is 1. The third kappa shape index (κ3) is 3.35. The predicted octanol–water partition coefficient (Wildman–Crippen LogP) is 1.70. The van der Waals surface area contributed by atoms with Gasteiger partial charge in [0.15, 0.2) is 0 Å². The lowest BCUT2D eigenvalue weighted by Gasteiger charge is -2.15. The van der Waals surface area contributed by atoms with Crippen molar-refractivity contribution in [2.24, 2.45) is 0 Å². The van der Waals surface area contributed by atoms with Gasteiger partial charge in [-0.15, -0.1) is 0 Å². The van der Waals surface area contributed by atoms with Gasteiger partial charge in [0, 0.05) is 18.8 Å². The van der Waals surface area contributed by atoms with Crippen LogP contribution in [0.5, 0.6) is 0 Å². The van der Waals surface area contributed by atoms with Gasteiger partial charge in [0.1, 0.15) is 5.76 Å². The fraction of sp³-hybridized carbons (Fsp3) is 0.300. The van der Waals surface area contributed by atoms with E-state index in [0.29, 0.717) is 6.54 Å². The molecule has 0 aliphatic heterocycles. The van der Waals surface area contributed by atoms with Crippen LogP contribution in [0.1, 0.15) is 12.7 Å². The van der Waals surface area contributed by atoms with Crippen LogP contribution >= 0.6 is 0 Å². The van der Waals surface area contributed by atoms with E-state index in [1.807, 2.05) is 24.0 Å². The van der Waals surface area contributed by atoms with Gasteiger partial charge in [0.05, 0.1) is 12.8 Å². The number of nitrogens with zero attached hydrogens (tertiary/aromatic N) is 1. The quantitative estimate of drug-likeness (QED) is 0.726. The fourth-order valence-corrected chi connectivity index (χ4v) is 1.04. The number of rotatable bonds is 5. The van der Waals surface area contributed by atoms with Crippen molar-refractivity contribution < 1.29 is 14.3 Å². The summed E-state index contributed by atoms with van der Waals surface area (Å²) >= 11 is 0. The number of aliphatic carboxylic acids is 1. The second-order valence-corrected chi connectivity index (χ2v) is 2.80. The minimum atomic E-state index is -0.942. The second-order valence-electron chi connectivity index (χ2n) is 2.80. The lowest BCUT2D eigenvalue weighted by Crippen LogP contribution is -2.15. The molecule has 0 spiro atoms. The summed E-state index contributed by atoms with van der Waals surface area (Å²) in [6, 6.07) is 3.67. The highest BCUT2D eigenvalue weighted by Gasteiger charge is 2.00. The molecule has 4 nitrogen and oxygen atoms in total. The summed E-state index contributed by atoms with van der Waals surface area (Å²) in [5.74, 6) is -0.121. The van der Waals surface area contributed by atoms with Gasteiger partial charge in [0.25, 0.3) is 0 Å². The summed E-state index contributed by atoms with van der Waals surface area (Å²) in [5, 5.41) is 8.45. The molecule has 0 aromatic carbocycles. The Morgan fingerprint density at radius 1 is 1.71 bits per heavy atom. The zero-order valence-electron chi connectivity index (χ0n) is 8.01. The summed E-state index contributed by atoms with van der Waals surface area (Å²) in [7, 11) is 0. The zero-order valence-corrected chi connectivity index (χ0v) is 8.01. The van der Waals surface area contributed by atoms with Crippen LogP contribution in [0, 0.1) is 0 Å². The van der Waals surface area contributed by atoms with E-state index in [9.17, 15) is 4.79 Å². The molecule has 0 fully saturated rings. The van der Waals surface area contributed by atoms with Crippen molar-refractivity contribution in [3.8, 4) is 0 Å². The van der Waals surface area contributed by atoms with E-state index in [-0.39, 0.29) is 0 Å². The van der Waals surface area contributed by atoms with Crippen LogP contribution < -0.4 is 0 Å². The van der Waals surface area contributed by atoms with Gasteiger partial charge in [-0.2, -0.15) is 0 Å². The van der Waals surface area contributed by atoms with Crippen molar-refractivity contribution in [3.63, 3.8) is 0 Å². The smallest absolute Gasteiger partial charge is 0.329 e. The molecule has 0 saturated heterocycles. The maximum absolute atomic E-state index is 10.3. The molecule has 0 saturated carbocycles. The molecular weight excluding hydrogens is 182 g/mol. The summed E-state index contributed by atoms with van der Waals surface area (Å²) in [4.78, 5) is 12.1. The van der Waals surface area contributed by atoms with Crippen LogP contribution in [0.15, 0.2) is 35.1 Å². The van der Waals surface area contributed by atoms with Gasteiger partial charge >= 0.3 is 5.97 Å². The maximum Gasteiger partial charge on any atom is 0.329 e. The standard InChI is InChI=1S/C10H13NO3/c1-2-11(6-5-10(12)13)8-9-4-3-7-14-9/h3-7H,2,8H2,1H3,(H,12,13). The molecule has 0 amide bonds. The van der Waals surface area contributed by atoms with Crippen LogP contribution in [-0.2, 0) is 11.3 Å². The Kier molecular flexibility index (Phi) is 3.79. The largest absolute Gasteiger partial charge is 0.478 e. The van der Waals surface area contributed by atoms with Crippen molar-refractivity contribution in [2.75, 3.05) is 6.54 Å². The van der Waals surface area contributed by atoms with E-state index < -0.39 is 5.97 Å². The van der Waals surface area contributed by atoms with E-state index in [1.165, 1.54) is 0 Å². The second kappa shape index (κ2) is 5.11. The van der Waals surface area contributed by atoms with Crippen molar-refractivity contribution >= 4 is 5.97 Å². The van der Waals surface area contributed by atoms with Crippen molar-refractivity contribution in [2.45, 2.75) is 13.5 Å². The molecule has 1 N–H and O–H groups in total. The van der Waals surface area contributed by atoms with Gasteiger partial charge in [-0.3, -0.25) is 0 Å². The third-order valence-electron chi connectivity index (χ3n) is 1.77. The predicted molar refractivity (Wildman–Crippen MR) is 51.6 cm³/mol. The Morgan fingerprint density at radius 2 is 2.50 bits per heavy atom. The van der Waals surface area contributed by atoms with Gasteiger partial charge in [-0.25, -0.2) is 4.79 Å². The topological polar surface area (TPSA) is 53.7 Å². The van der Waals surface area contributed by atoms with E-state index >= 15 is 0 Å². The Balaban J connectivity index is 2.51. The van der Waals surface area contributed by atoms with Crippen LogP contribution in [0.4, 0.5) is 0 Å². The molecule has 0 atom stereocenters. The van der Waals surface area contributed by atoms with Crippen LogP contribution in [0.2, 0.25) is 0 Å². The first-order chi connectivity index (χ1) is 6.72. The van der Waals surface area contributed by atoms with Crippen LogP contribution in [-0.4, -0.2) is 22.5 Å². The first-order valence-corrected chi connectivity index (χ1v) is 4.40. The Bertz CT molecular complexity index is 303. The van der Waals surface area contributed by atoms with Crippen molar-refractivity contribution in [1.29, 1.82) is 0 Å². The number of carboxylic acid groups (broad SMARTS) is 1. The lowest BCUT2D eigenvalue weighted by molar-refractivity contribution is -0.131. The van der Waals surface area contributed by atoms with Gasteiger partial charge in [0.2, 0.25) is 0 Å². The summed E-state index contributed by atoms with van der Waals surface area (Å²) < 4.78 is 5.15. The average molecular weight is 195 g/mol. The molecule has 1 heterocycles. The lowest BCUT2D eigenvalue weighted by atomic mass is 10.4. The normalized spacial score (nSPS) is 10.6. The van der Waals surface area contributed by atoms with E-state index in [4.69, 9.17) is 9.52 Å². The molecule has 1 aromatic heterocycles. The average Bonchev–Trinajstić information content (AvgIpc) is 2.64. The molecule has 0 unspecified atom stereocenters. The number of hydrogen-bond donors (Lipinski definition) is 1. The van der Waals surface area contributed by atoms with Crippen LogP contribution in [0.3, 0.4) is 0 Å². The highest BCUT2D eigenvalue weighted by Crippen LogP contribution is 2.05. The van der Waals surface area contributed by atoms with E-state index in [0.717, 1.165) is 18.4 Å². The highest BCUT2D eigenvalue weighted by molar-refractivity contribution is 5.79. The molecule has 0 bridgehead atoms. The highest BCUT2D eigenvalue weighted by atomic mass is 16.4. The van der Waals surface area contributed by atoms with Crippen molar-refractivity contribution in [1.82, 2.24) is 4.90 Å². The molecule has 4 heteroatoms. The van der Waals surface area contributed by atoms with Crippen molar-refractivity contribution in [3.05, 3.63) is 36.4 Å². The van der Waals surface area contributed by atoms with E-state index in [1.54, 1.807) is 12.5 Å². The first-order valence-electron chi connectivity index (χ1n) is 4.40. The molecule has 1 aromatic rings. The van der Waals surface area contributed by atoms with Gasteiger partial charge < -0.3 is 14.4 Å². The number of hydrogen-bond acceptors (Lipinski definition) is 3. The van der Waals surface area contributed by atoms with Gasteiger partial charge in [-0.05, 0) is 19.1 Å². The van der Waals surface area contributed by atoms with Crippen LogP contribution in [0.25, 0.3) is 0 Å². The van der Waals surface area contributed by atoms with E-state index in [2.05, 4.69) is 0 Å². The molecule has 0 aliphatic rings. The zero-order chi connectivity index (χ0) is 10.4. The third-order valence-corrected chi connectivity index (χ3v) is 1.77. The summed E-state index contributed by atoms with van der Waals surface area (Å²) in [5.41, 5.74) is 0.